The molecular formula is C18H27ErO+2. The van der Waals surface area contributed by atoms with E-state index in [1.165, 1.54) is 19.3 Å². The molecule has 0 spiro atoms. The maximum Gasteiger partial charge on any atom is 3.00 e. The van der Waals surface area contributed by atoms with Crippen LogP contribution >= 0.6 is 0 Å². The summed E-state index contributed by atoms with van der Waals surface area (Å²) in [6.45, 7) is 7.72. The molecule has 1 aliphatic heterocycles. The number of hydrogen-bond acceptors (Lipinski definition) is 1. The van der Waals surface area contributed by atoms with Crippen molar-refractivity contribution in [1.29, 1.82) is 0 Å². The van der Waals surface area contributed by atoms with E-state index in [1.54, 1.807) is 0 Å². The molecule has 0 aromatic carbocycles. The Bertz CT molecular complexity index is 89.8. The summed E-state index contributed by atoms with van der Waals surface area (Å²) in [5.41, 5.74) is 0. The Balaban J connectivity index is 0. The van der Waals surface area contributed by atoms with Crippen LogP contribution in [0.1, 0.15) is 32.6 Å². The Hall–Kier alpha value is 1.21. The van der Waals surface area contributed by atoms with Gasteiger partial charge in [-0.25, -0.2) is 0 Å². The first-order chi connectivity index (χ1) is 9.41. The van der Waals surface area contributed by atoms with E-state index in [4.69, 9.17) is 4.74 Å². The smallest absolute Gasteiger partial charge is 0.381 e. The minimum atomic E-state index is 0. The van der Waals surface area contributed by atoms with Gasteiger partial charge in [-0.3, -0.25) is 0 Å². The summed E-state index contributed by atoms with van der Waals surface area (Å²) < 4.78 is 4.94. The van der Waals surface area contributed by atoms with Gasteiger partial charge in [0.05, 0.1) is 0 Å². The van der Waals surface area contributed by atoms with Crippen molar-refractivity contribution in [3.63, 3.8) is 0 Å². The molecule has 2 saturated carbocycles. The van der Waals surface area contributed by atoms with Crippen molar-refractivity contribution in [2.24, 2.45) is 0 Å². The molecule has 3 aliphatic rings. The van der Waals surface area contributed by atoms with Crippen LogP contribution in [0.4, 0.5) is 0 Å². The Labute approximate surface area is 158 Å². The zero-order valence-corrected chi connectivity index (χ0v) is 14.3. The third kappa shape index (κ3) is 21.5. The molecule has 3 fully saturated rings. The predicted molar refractivity (Wildman–Crippen MR) is 83.3 cm³/mol. The van der Waals surface area contributed by atoms with Crippen molar-refractivity contribution < 1.29 is 42.0 Å². The molecule has 0 aromatic heterocycles. The Morgan fingerprint density at radius 1 is 0.750 bits per heavy atom. The fourth-order valence-electron chi connectivity index (χ4n) is 1.15. The maximum atomic E-state index is 4.94. The molecule has 0 aromatic rings. The van der Waals surface area contributed by atoms with Crippen molar-refractivity contribution in [2.75, 3.05) is 13.2 Å². The molecule has 11 radical (unpaired) electrons. The van der Waals surface area contributed by atoms with Gasteiger partial charge in [0.25, 0.3) is 0 Å². The van der Waals surface area contributed by atoms with Crippen LogP contribution in [-0.2, 0) is 4.74 Å². The average molecular weight is 427 g/mol. The van der Waals surface area contributed by atoms with Gasteiger partial charge in [-0.05, 0) is 77.0 Å². The Morgan fingerprint density at radius 3 is 1.10 bits per heavy atom. The molecule has 0 atom stereocenters. The second kappa shape index (κ2) is 22.5. The number of hydrogen-bond donors (Lipinski definition) is 0. The molecule has 1 nitrogen and oxygen atoms in total. The van der Waals surface area contributed by atoms with E-state index in [1.807, 2.05) is 64.2 Å². The van der Waals surface area contributed by atoms with E-state index in [9.17, 15) is 0 Å². The van der Waals surface area contributed by atoms with Crippen molar-refractivity contribution in [1.82, 2.24) is 0 Å². The predicted octanol–water partition coefficient (Wildman–Crippen LogP) is 4.46. The summed E-state index contributed by atoms with van der Waals surface area (Å²) in [7, 11) is 0. The topological polar surface area (TPSA) is 9.23 Å². The molecule has 1 saturated heterocycles. The molecule has 3 rings (SSSR count). The molecule has 2 aliphatic carbocycles. The number of ether oxygens (including phenoxy) is 1. The van der Waals surface area contributed by atoms with Crippen molar-refractivity contribution in [2.45, 2.75) is 32.6 Å². The summed E-state index contributed by atoms with van der Waals surface area (Å²) >= 11 is 0. The second-order valence-electron chi connectivity index (χ2n) is 4.10. The van der Waals surface area contributed by atoms with Crippen LogP contribution in [0.3, 0.4) is 0 Å². The first-order valence-electron chi connectivity index (χ1n) is 7.12. The SMILES string of the molecule is C1CCOC1.[CH2-]CCC.[CH]1[CH][CH][CH][CH]1.[CH]1[CH][CH][CH][CH]1.[Er+3]. The first kappa shape index (κ1) is 23.5. The van der Waals surface area contributed by atoms with Crippen LogP contribution in [0.25, 0.3) is 0 Å². The molecule has 20 heavy (non-hydrogen) atoms. The van der Waals surface area contributed by atoms with Gasteiger partial charge in [-0.1, -0.05) is 13.3 Å². The minimum absolute atomic E-state index is 0. The molecule has 1 heterocycles. The summed E-state index contributed by atoms with van der Waals surface area (Å²) in [6, 6.07) is 0. The summed E-state index contributed by atoms with van der Waals surface area (Å²) in [5.74, 6) is 0. The zero-order chi connectivity index (χ0) is 14.0. The first-order valence-corrected chi connectivity index (χ1v) is 7.12. The second-order valence-corrected chi connectivity index (χ2v) is 4.10. The van der Waals surface area contributed by atoms with Gasteiger partial charge in [0.15, 0.2) is 0 Å². The quantitative estimate of drug-likeness (QED) is 0.563. The van der Waals surface area contributed by atoms with Crippen molar-refractivity contribution in [3.05, 3.63) is 71.1 Å². The Morgan fingerprint density at radius 2 is 1.00 bits per heavy atom. The molecule has 0 amide bonds. The van der Waals surface area contributed by atoms with Crippen LogP contribution in [0.5, 0.6) is 0 Å². The number of rotatable bonds is 1. The fraction of sp³-hybridized carbons (Fsp3) is 0.389. The third-order valence-electron chi connectivity index (χ3n) is 2.29. The molecular weight excluding hydrogens is 399 g/mol. The van der Waals surface area contributed by atoms with E-state index >= 15 is 0 Å². The van der Waals surface area contributed by atoms with E-state index in [-0.39, 0.29) is 37.3 Å². The van der Waals surface area contributed by atoms with Crippen LogP contribution in [0, 0.1) is 108 Å². The summed E-state index contributed by atoms with van der Waals surface area (Å²) in [4.78, 5) is 0. The Kier molecular flexibility index (Phi) is 26.4. The fourth-order valence-corrected chi connectivity index (χ4v) is 1.15. The van der Waals surface area contributed by atoms with E-state index in [2.05, 4.69) is 13.8 Å². The van der Waals surface area contributed by atoms with Crippen LogP contribution in [0.15, 0.2) is 0 Å². The van der Waals surface area contributed by atoms with Gasteiger partial charge in [0.1, 0.15) is 0 Å². The van der Waals surface area contributed by atoms with E-state index in [0.717, 1.165) is 19.6 Å². The van der Waals surface area contributed by atoms with Gasteiger partial charge in [0.2, 0.25) is 0 Å². The van der Waals surface area contributed by atoms with Gasteiger partial charge in [-0.2, -0.15) is 6.42 Å². The normalized spacial score (nSPS) is 19.5. The minimum Gasteiger partial charge on any atom is -0.381 e. The monoisotopic (exact) mass is 425 g/mol. The standard InChI is InChI=1S/2C5H5.C4H8O.C4H9.Er/c3*1-2-4-5-3-1;1-3-4-2;/h2*1-5H;1-4H2;1,3-4H2,2H3;/q;;;-1;+3. The van der Waals surface area contributed by atoms with Crippen LogP contribution in [0.2, 0.25) is 0 Å². The van der Waals surface area contributed by atoms with Gasteiger partial charge in [-0.15, -0.1) is 0 Å². The van der Waals surface area contributed by atoms with Crippen molar-refractivity contribution in [3.8, 4) is 0 Å². The van der Waals surface area contributed by atoms with E-state index < -0.39 is 0 Å². The van der Waals surface area contributed by atoms with Gasteiger partial charge in [0, 0.05) is 13.2 Å². The van der Waals surface area contributed by atoms with Crippen molar-refractivity contribution >= 4 is 0 Å². The summed E-state index contributed by atoms with van der Waals surface area (Å²) in [5, 5.41) is 0. The van der Waals surface area contributed by atoms with E-state index in [0.29, 0.717) is 0 Å². The van der Waals surface area contributed by atoms with Gasteiger partial charge >= 0.3 is 37.3 Å². The molecule has 0 N–H and O–H groups in total. The maximum absolute atomic E-state index is 4.94. The third-order valence-corrected chi connectivity index (χ3v) is 2.29. The van der Waals surface area contributed by atoms with Crippen LogP contribution < -0.4 is 0 Å². The number of unbranched alkanes of at least 4 members (excludes halogenated alkanes) is 1. The largest absolute Gasteiger partial charge is 3.00 e. The molecule has 0 bridgehead atoms. The zero-order valence-electron chi connectivity index (χ0n) is 12.4. The molecule has 2 heteroatoms. The van der Waals surface area contributed by atoms with Crippen LogP contribution in [-0.4, -0.2) is 13.2 Å². The molecule has 0 unspecified atom stereocenters. The summed E-state index contributed by atoms with van der Waals surface area (Å²) in [6.07, 6.45) is 24.8. The molecule has 115 valence electrons. The van der Waals surface area contributed by atoms with Gasteiger partial charge < -0.3 is 11.7 Å². The average Bonchev–Trinajstić information content (AvgIpc) is 3.28.